The smallest absolute Gasteiger partial charge is 0.378 e. The zero-order valence-corrected chi connectivity index (χ0v) is 16.2. The molecule has 0 aliphatic heterocycles. The fraction of sp³-hybridized carbons (Fsp3) is 1.00. The second-order valence-electron chi connectivity index (χ2n) is 3.50. The summed E-state index contributed by atoms with van der Waals surface area (Å²) in [5.74, 6) is 0. The van der Waals surface area contributed by atoms with E-state index in [4.69, 9.17) is 39.2 Å². The molecule has 0 amide bonds. The molecule has 122 valence electrons. The zero-order valence-electron chi connectivity index (χ0n) is 13.2. The predicted octanol–water partition coefficient (Wildman–Crippen LogP) is -0.0157. The third-order valence-corrected chi connectivity index (χ3v) is 11.2. The molecule has 0 spiro atoms. The minimum absolute atomic E-state index is 1.41. The molecule has 20 heavy (non-hydrogen) atoms. The summed E-state index contributed by atoms with van der Waals surface area (Å²) in [4.78, 5) is 0. The summed E-state index contributed by atoms with van der Waals surface area (Å²) in [5.41, 5.74) is 0. The number of hydrogen-bond donors (Lipinski definition) is 0. The molecule has 0 unspecified atom stereocenters. The monoisotopic (exact) mass is 348 g/mol. The van der Waals surface area contributed by atoms with Gasteiger partial charge in [-0.05, 0) is 0 Å². The first-order chi connectivity index (χ1) is 9.34. The second kappa shape index (κ2) is 8.67. The first-order valence-corrected chi connectivity index (χ1v) is 11.1. The summed E-state index contributed by atoms with van der Waals surface area (Å²) in [6, 6.07) is 0. The SMILES string of the molecule is CO[Si](C)(O[Si](OC)(OC)OC)O[Si](OC)(OC)OC. The van der Waals surface area contributed by atoms with Crippen molar-refractivity contribution < 1.29 is 39.2 Å². The zero-order chi connectivity index (χ0) is 15.9. The van der Waals surface area contributed by atoms with E-state index >= 15 is 0 Å². The van der Waals surface area contributed by atoms with Crippen molar-refractivity contribution in [1.29, 1.82) is 0 Å². The van der Waals surface area contributed by atoms with Crippen molar-refractivity contribution >= 4 is 26.9 Å². The molecule has 0 rings (SSSR count). The maximum Gasteiger partial charge on any atom is 0.671 e. The van der Waals surface area contributed by atoms with Crippen LogP contribution >= 0.6 is 0 Å². The van der Waals surface area contributed by atoms with Crippen molar-refractivity contribution in [2.45, 2.75) is 6.55 Å². The lowest BCUT2D eigenvalue weighted by Crippen LogP contribution is -2.63. The quantitative estimate of drug-likeness (QED) is 0.478. The fourth-order valence-electron chi connectivity index (χ4n) is 1.31. The average Bonchev–Trinajstić information content (AvgIpc) is 2.51. The number of rotatable bonds is 11. The van der Waals surface area contributed by atoms with Crippen LogP contribution in [0.25, 0.3) is 0 Å². The molecule has 0 fully saturated rings. The first kappa shape index (κ1) is 20.3. The van der Waals surface area contributed by atoms with Crippen molar-refractivity contribution in [3.63, 3.8) is 0 Å². The highest BCUT2D eigenvalue weighted by molar-refractivity contribution is 6.77. The van der Waals surface area contributed by atoms with Crippen LogP contribution in [0.2, 0.25) is 6.55 Å². The summed E-state index contributed by atoms with van der Waals surface area (Å²) in [6.45, 7) is 1.63. The Morgan fingerprint density at radius 3 is 0.850 bits per heavy atom. The van der Waals surface area contributed by atoms with Gasteiger partial charge in [-0.3, -0.25) is 0 Å². The average molecular weight is 349 g/mol. The molecule has 0 bridgehead atoms. The molecule has 0 aliphatic carbocycles. The summed E-state index contributed by atoms with van der Waals surface area (Å²) in [6.07, 6.45) is 0. The van der Waals surface area contributed by atoms with Crippen molar-refractivity contribution in [1.82, 2.24) is 0 Å². The molecule has 0 heterocycles. The molecule has 0 aliphatic rings. The maximum absolute atomic E-state index is 5.74. The Bertz CT molecular complexity index is 233. The third-order valence-electron chi connectivity index (χ3n) is 2.49. The predicted molar refractivity (Wildman–Crippen MR) is 74.4 cm³/mol. The molecule has 0 saturated carbocycles. The van der Waals surface area contributed by atoms with Gasteiger partial charge in [0.25, 0.3) is 0 Å². The van der Waals surface area contributed by atoms with Gasteiger partial charge in [-0.15, -0.1) is 0 Å². The van der Waals surface area contributed by atoms with Crippen LogP contribution in [-0.4, -0.2) is 76.7 Å². The van der Waals surface area contributed by atoms with Crippen LogP contribution in [-0.2, 0) is 39.2 Å². The largest absolute Gasteiger partial charge is 0.671 e. The van der Waals surface area contributed by atoms with Crippen LogP contribution in [0, 0.1) is 0 Å². The van der Waals surface area contributed by atoms with Gasteiger partial charge < -0.3 is 39.2 Å². The summed E-state index contributed by atoms with van der Waals surface area (Å²) in [5, 5.41) is 0. The minimum Gasteiger partial charge on any atom is -0.378 e. The van der Waals surface area contributed by atoms with Crippen LogP contribution in [0.15, 0.2) is 0 Å². The maximum atomic E-state index is 5.74. The fourth-order valence-corrected chi connectivity index (χ4v) is 9.15. The molecule has 12 heteroatoms. The van der Waals surface area contributed by atoms with E-state index in [-0.39, 0.29) is 0 Å². The highest BCUT2D eigenvalue weighted by Crippen LogP contribution is 2.23. The Hall–Kier alpha value is 0.291. The van der Waals surface area contributed by atoms with Crippen LogP contribution in [0.1, 0.15) is 0 Å². The lowest BCUT2D eigenvalue weighted by Gasteiger charge is -2.36. The van der Waals surface area contributed by atoms with Gasteiger partial charge in [0, 0.05) is 56.3 Å². The molecule has 9 nitrogen and oxygen atoms in total. The van der Waals surface area contributed by atoms with Gasteiger partial charge in [0.05, 0.1) is 0 Å². The van der Waals surface area contributed by atoms with E-state index in [0.29, 0.717) is 0 Å². The van der Waals surface area contributed by atoms with E-state index < -0.39 is 26.9 Å². The standard InChI is InChI=1S/C8H24O9Si3/c1-9-18(8,16-19(10-2,11-3)12-4)17-20(13-5,14-6)15-7/h1-8H3. The van der Waals surface area contributed by atoms with Crippen LogP contribution in [0.4, 0.5) is 0 Å². The summed E-state index contributed by atoms with van der Waals surface area (Å²) >= 11 is 0. The van der Waals surface area contributed by atoms with Gasteiger partial charge in [0.15, 0.2) is 0 Å². The van der Waals surface area contributed by atoms with Gasteiger partial charge in [0.2, 0.25) is 0 Å². The number of hydrogen-bond acceptors (Lipinski definition) is 9. The van der Waals surface area contributed by atoms with E-state index in [0.717, 1.165) is 0 Å². The Morgan fingerprint density at radius 1 is 0.450 bits per heavy atom. The van der Waals surface area contributed by atoms with Crippen LogP contribution in [0.5, 0.6) is 0 Å². The van der Waals surface area contributed by atoms with Gasteiger partial charge >= 0.3 is 26.9 Å². The summed E-state index contributed by atoms with van der Waals surface area (Å²) in [7, 11) is -0.0145. The van der Waals surface area contributed by atoms with Crippen molar-refractivity contribution in [2.24, 2.45) is 0 Å². The molecule has 0 aromatic carbocycles. The normalized spacial score (nSPS) is 13.8. The third kappa shape index (κ3) is 4.93. The van der Waals surface area contributed by atoms with E-state index in [1.807, 2.05) is 0 Å². The van der Waals surface area contributed by atoms with E-state index in [1.54, 1.807) is 6.55 Å². The van der Waals surface area contributed by atoms with E-state index in [1.165, 1.54) is 49.8 Å². The molecule has 0 atom stereocenters. The molecule has 0 saturated heterocycles. The lowest BCUT2D eigenvalue weighted by atomic mass is 11.8. The van der Waals surface area contributed by atoms with E-state index in [2.05, 4.69) is 0 Å². The van der Waals surface area contributed by atoms with Gasteiger partial charge in [-0.25, -0.2) is 0 Å². The van der Waals surface area contributed by atoms with Crippen molar-refractivity contribution in [3.8, 4) is 0 Å². The first-order valence-electron chi connectivity index (χ1n) is 5.60. The van der Waals surface area contributed by atoms with Gasteiger partial charge in [-0.1, -0.05) is 0 Å². The highest BCUT2D eigenvalue weighted by atomic mass is 28.5. The Labute approximate surface area is 123 Å². The Balaban J connectivity index is 5.19. The van der Waals surface area contributed by atoms with Crippen LogP contribution < -0.4 is 0 Å². The van der Waals surface area contributed by atoms with Crippen LogP contribution in [0.3, 0.4) is 0 Å². The molecular weight excluding hydrogens is 324 g/mol. The second-order valence-corrected chi connectivity index (χ2v) is 11.7. The lowest BCUT2D eigenvalue weighted by molar-refractivity contribution is -0.00706. The van der Waals surface area contributed by atoms with Crippen molar-refractivity contribution in [2.75, 3.05) is 49.8 Å². The van der Waals surface area contributed by atoms with Crippen molar-refractivity contribution in [3.05, 3.63) is 0 Å². The minimum atomic E-state index is -3.34. The highest BCUT2D eigenvalue weighted by Gasteiger charge is 2.58. The van der Waals surface area contributed by atoms with E-state index in [9.17, 15) is 0 Å². The molecule has 0 radical (unpaired) electrons. The van der Waals surface area contributed by atoms with Gasteiger partial charge in [0.1, 0.15) is 0 Å². The molecule has 0 N–H and O–H groups in total. The molecule has 0 aromatic rings. The van der Waals surface area contributed by atoms with Gasteiger partial charge in [-0.2, -0.15) is 0 Å². The topological polar surface area (TPSA) is 83.1 Å². The molecule has 0 aromatic heterocycles. The Morgan fingerprint density at radius 2 is 0.700 bits per heavy atom. The summed E-state index contributed by atoms with van der Waals surface area (Å²) < 4.78 is 48.0. The molecular formula is C8H24O9Si3. The Kier molecular flexibility index (Phi) is 8.79.